The lowest BCUT2D eigenvalue weighted by molar-refractivity contribution is -0.123. The molecule has 0 radical (unpaired) electrons. The van der Waals surface area contributed by atoms with Crippen LogP contribution in [0, 0.1) is 5.92 Å². The Hall–Kier alpha value is -1.43. The van der Waals surface area contributed by atoms with Crippen molar-refractivity contribution in [2.75, 3.05) is 19.8 Å². The number of rotatable bonds is 6. The van der Waals surface area contributed by atoms with Crippen molar-refractivity contribution in [2.24, 2.45) is 5.92 Å². The highest BCUT2D eigenvalue weighted by Crippen LogP contribution is 2.16. The highest BCUT2D eigenvalue weighted by Gasteiger charge is 2.17. The van der Waals surface area contributed by atoms with Gasteiger partial charge in [0.05, 0.1) is 6.20 Å². The lowest BCUT2D eigenvalue weighted by atomic mass is 9.98. The second-order valence-electron chi connectivity index (χ2n) is 4.66. The Labute approximate surface area is 107 Å². The first-order chi connectivity index (χ1) is 8.84. The van der Waals surface area contributed by atoms with E-state index < -0.39 is 0 Å². The van der Waals surface area contributed by atoms with Crippen molar-refractivity contribution < 1.29 is 9.53 Å². The van der Waals surface area contributed by atoms with Crippen LogP contribution in [0.15, 0.2) is 12.4 Å². The summed E-state index contributed by atoms with van der Waals surface area (Å²) in [6.45, 7) is 3.04. The van der Waals surface area contributed by atoms with Crippen molar-refractivity contribution in [1.82, 2.24) is 20.3 Å². The van der Waals surface area contributed by atoms with Crippen LogP contribution in [0.25, 0.3) is 0 Å². The molecule has 1 fully saturated rings. The molecule has 0 aromatic carbocycles. The van der Waals surface area contributed by atoms with Crippen LogP contribution in [0.4, 0.5) is 0 Å². The minimum atomic E-state index is 0.129. The number of amides is 1. The van der Waals surface area contributed by atoms with Gasteiger partial charge in [0.1, 0.15) is 0 Å². The zero-order valence-corrected chi connectivity index (χ0v) is 10.5. The zero-order valence-electron chi connectivity index (χ0n) is 10.5. The highest BCUT2D eigenvalue weighted by molar-refractivity contribution is 5.76. The van der Waals surface area contributed by atoms with Gasteiger partial charge in [-0.25, -0.2) is 0 Å². The molecule has 0 aliphatic carbocycles. The van der Waals surface area contributed by atoms with Crippen LogP contribution in [-0.2, 0) is 16.1 Å². The number of aryl methyl sites for hydroxylation is 1. The monoisotopic (exact) mass is 252 g/mol. The number of aromatic nitrogens is 3. The molecule has 1 aromatic heterocycles. The van der Waals surface area contributed by atoms with Crippen LogP contribution in [0.3, 0.4) is 0 Å². The molecule has 6 heteroatoms. The van der Waals surface area contributed by atoms with E-state index in [4.69, 9.17) is 4.74 Å². The standard InChI is InChI=1S/C12H20N4O2/c17-12(9-11-3-1-8-18-10-11)13-4-2-6-16-7-5-14-15-16/h5,7,11H,1-4,6,8-10H2,(H,13,17). The summed E-state index contributed by atoms with van der Waals surface area (Å²) in [5.74, 6) is 0.526. The number of nitrogens with zero attached hydrogens (tertiary/aromatic N) is 3. The number of nitrogens with one attached hydrogen (secondary N) is 1. The van der Waals surface area contributed by atoms with Gasteiger partial charge in [0, 0.05) is 38.9 Å². The van der Waals surface area contributed by atoms with Gasteiger partial charge in [0.15, 0.2) is 0 Å². The van der Waals surface area contributed by atoms with Gasteiger partial charge in [-0.2, -0.15) is 0 Å². The molecule has 6 nitrogen and oxygen atoms in total. The van der Waals surface area contributed by atoms with Crippen LogP contribution < -0.4 is 5.32 Å². The maximum Gasteiger partial charge on any atom is 0.220 e. The molecule has 1 aliphatic heterocycles. The van der Waals surface area contributed by atoms with Crippen molar-refractivity contribution in [1.29, 1.82) is 0 Å². The third-order valence-corrected chi connectivity index (χ3v) is 3.09. The van der Waals surface area contributed by atoms with Crippen molar-refractivity contribution in [3.05, 3.63) is 12.4 Å². The number of hydrogen-bond acceptors (Lipinski definition) is 4. The van der Waals surface area contributed by atoms with Gasteiger partial charge in [0.2, 0.25) is 5.91 Å². The van der Waals surface area contributed by atoms with Crippen molar-refractivity contribution in [2.45, 2.75) is 32.2 Å². The molecular formula is C12H20N4O2. The summed E-state index contributed by atoms with van der Waals surface area (Å²) >= 11 is 0. The summed E-state index contributed by atoms with van der Waals surface area (Å²) in [6.07, 6.45) is 7.11. The first-order valence-corrected chi connectivity index (χ1v) is 6.53. The maximum absolute atomic E-state index is 11.7. The predicted octanol–water partition coefficient (Wildman–Crippen LogP) is 0.601. The largest absolute Gasteiger partial charge is 0.381 e. The molecule has 100 valence electrons. The second-order valence-corrected chi connectivity index (χ2v) is 4.66. The summed E-state index contributed by atoms with van der Waals surface area (Å²) in [5.41, 5.74) is 0. The molecule has 1 aromatic rings. The lowest BCUT2D eigenvalue weighted by Gasteiger charge is -2.21. The summed E-state index contributed by atoms with van der Waals surface area (Å²) in [7, 11) is 0. The molecule has 2 rings (SSSR count). The van der Waals surface area contributed by atoms with E-state index in [1.165, 1.54) is 0 Å². The molecule has 1 atom stereocenters. The number of ether oxygens (including phenoxy) is 1. The Balaban J connectivity index is 1.54. The van der Waals surface area contributed by atoms with Gasteiger partial charge in [-0.15, -0.1) is 5.10 Å². The Morgan fingerprint density at radius 2 is 2.50 bits per heavy atom. The topological polar surface area (TPSA) is 69.0 Å². The van der Waals surface area contributed by atoms with E-state index in [2.05, 4.69) is 15.6 Å². The summed E-state index contributed by atoms with van der Waals surface area (Å²) in [4.78, 5) is 11.7. The van der Waals surface area contributed by atoms with Gasteiger partial charge < -0.3 is 10.1 Å². The highest BCUT2D eigenvalue weighted by atomic mass is 16.5. The minimum Gasteiger partial charge on any atom is -0.381 e. The number of hydrogen-bond donors (Lipinski definition) is 1. The first-order valence-electron chi connectivity index (χ1n) is 6.53. The van der Waals surface area contributed by atoms with Gasteiger partial charge >= 0.3 is 0 Å². The minimum absolute atomic E-state index is 0.129. The van der Waals surface area contributed by atoms with Crippen molar-refractivity contribution >= 4 is 5.91 Å². The maximum atomic E-state index is 11.7. The van der Waals surface area contributed by atoms with E-state index in [0.717, 1.165) is 39.0 Å². The molecule has 1 aliphatic rings. The van der Waals surface area contributed by atoms with Gasteiger partial charge in [-0.05, 0) is 25.2 Å². The summed E-state index contributed by atoms with van der Waals surface area (Å²) in [6, 6.07) is 0. The average Bonchev–Trinajstić information content (AvgIpc) is 2.89. The third-order valence-electron chi connectivity index (χ3n) is 3.09. The predicted molar refractivity (Wildman–Crippen MR) is 65.8 cm³/mol. The van der Waals surface area contributed by atoms with E-state index in [0.29, 0.717) is 18.9 Å². The Morgan fingerprint density at radius 1 is 1.56 bits per heavy atom. The molecule has 0 saturated carbocycles. The Kier molecular flexibility index (Phi) is 5.14. The molecule has 0 bridgehead atoms. The molecule has 1 N–H and O–H groups in total. The molecule has 1 unspecified atom stereocenters. The smallest absolute Gasteiger partial charge is 0.220 e. The van der Waals surface area contributed by atoms with Crippen LogP contribution in [-0.4, -0.2) is 40.7 Å². The van der Waals surface area contributed by atoms with Crippen LogP contribution >= 0.6 is 0 Å². The third kappa shape index (κ3) is 4.44. The van der Waals surface area contributed by atoms with E-state index in [-0.39, 0.29) is 5.91 Å². The van der Waals surface area contributed by atoms with Gasteiger partial charge in [-0.3, -0.25) is 9.48 Å². The summed E-state index contributed by atoms with van der Waals surface area (Å²) < 4.78 is 7.12. The van der Waals surface area contributed by atoms with E-state index in [1.54, 1.807) is 10.9 Å². The SMILES string of the molecule is O=C(CC1CCCOC1)NCCCn1ccnn1. The Morgan fingerprint density at radius 3 is 3.22 bits per heavy atom. The van der Waals surface area contributed by atoms with Crippen molar-refractivity contribution in [3.8, 4) is 0 Å². The van der Waals surface area contributed by atoms with Crippen LogP contribution in [0.5, 0.6) is 0 Å². The lowest BCUT2D eigenvalue weighted by Crippen LogP contribution is -2.29. The van der Waals surface area contributed by atoms with Gasteiger partial charge in [0.25, 0.3) is 0 Å². The fourth-order valence-electron chi connectivity index (χ4n) is 2.12. The number of carbonyl (C=O) groups is 1. The fraction of sp³-hybridized carbons (Fsp3) is 0.750. The average molecular weight is 252 g/mol. The molecule has 0 spiro atoms. The van der Waals surface area contributed by atoms with Crippen LogP contribution in [0.2, 0.25) is 0 Å². The van der Waals surface area contributed by atoms with E-state index >= 15 is 0 Å². The normalized spacial score (nSPS) is 19.7. The molecule has 1 saturated heterocycles. The first kappa shape index (κ1) is 13.0. The van der Waals surface area contributed by atoms with E-state index in [1.807, 2.05) is 6.20 Å². The zero-order chi connectivity index (χ0) is 12.6. The molecule has 1 amide bonds. The van der Waals surface area contributed by atoms with Gasteiger partial charge in [-0.1, -0.05) is 5.21 Å². The van der Waals surface area contributed by atoms with Crippen LogP contribution in [0.1, 0.15) is 25.7 Å². The molecule has 18 heavy (non-hydrogen) atoms. The number of carbonyl (C=O) groups excluding carboxylic acids is 1. The second kappa shape index (κ2) is 7.10. The Bertz CT molecular complexity index is 347. The summed E-state index contributed by atoms with van der Waals surface area (Å²) in [5, 5.41) is 10.5. The fourth-order valence-corrected chi connectivity index (χ4v) is 2.12. The molecule has 2 heterocycles. The van der Waals surface area contributed by atoms with E-state index in [9.17, 15) is 4.79 Å². The van der Waals surface area contributed by atoms with Crippen molar-refractivity contribution in [3.63, 3.8) is 0 Å². The molecular weight excluding hydrogens is 232 g/mol. The quantitative estimate of drug-likeness (QED) is 0.753.